The minimum absolute atomic E-state index is 0.219. The largest absolute Gasteiger partial charge is 0.345 e. The molecule has 1 aromatic rings. The van der Waals surface area contributed by atoms with E-state index in [1.54, 1.807) is 12.1 Å². The van der Waals surface area contributed by atoms with E-state index in [0.717, 1.165) is 5.69 Å². The Hall–Kier alpha value is -1.49. The van der Waals surface area contributed by atoms with E-state index < -0.39 is 4.92 Å². The van der Waals surface area contributed by atoms with E-state index in [1.165, 1.54) is 0 Å². The summed E-state index contributed by atoms with van der Waals surface area (Å²) < 4.78 is 0. The average Bonchev–Trinajstić information content (AvgIpc) is 2.04. The quantitative estimate of drug-likeness (QED) is 0.454. The maximum absolute atomic E-state index is 10.1. The third-order valence-electron chi connectivity index (χ3n) is 1.33. The van der Waals surface area contributed by atoms with Crippen LogP contribution in [0.4, 0.5) is 5.69 Å². The zero-order valence-electron chi connectivity index (χ0n) is 6.77. The fourth-order valence-electron chi connectivity index (χ4n) is 0.839. The Kier molecular flexibility index (Phi) is 3.33. The van der Waals surface area contributed by atoms with Crippen molar-refractivity contribution in [1.82, 2.24) is 0 Å². The van der Waals surface area contributed by atoms with E-state index in [-0.39, 0.29) is 11.5 Å². The topological polar surface area (TPSA) is 55.2 Å². The Morgan fingerprint density at radius 1 is 1.46 bits per heavy atom. The van der Waals surface area contributed by atoms with Crippen molar-refractivity contribution in [3.8, 4) is 0 Å². The first kappa shape index (κ1) is 9.60. The van der Waals surface area contributed by atoms with Gasteiger partial charge in [-0.3, -0.25) is 10.1 Å². The van der Waals surface area contributed by atoms with Gasteiger partial charge < -0.3 is 5.32 Å². The molecule has 0 radical (unpaired) electrons. The standard InChI is InChI=1S/C8H8N2O2S/c11-10(12)6-8(13)9-7-4-2-1-3-5-7/h1-5H,6H2,(H,9,13). The van der Waals surface area contributed by atoms with Crippen molar-refractivity contribution in [2.24, 2.45) is 0 Å². The molecule has 0 unspecified atom stereocenters. The molecule has 0 aromatic heterocycles. The summed E-state index contributed by atoms with van der Waals surface area (Å²) in [6.45, 7) is -0.329. The fraction of sp³-hybridized carbons (Fsp3) is 0.125. The number of anilines is 1. The van der Waals surface area contributed by atoms with Crippen molar-refractivity contribution in [2.45, 2.75) is 0 Å². The molecule has 1 rings (SSSR count). The number of nitrogens with one attached hydrogen (secondary N) is 1. The van der Waals surface area contributed by atoms with Crippen LogP contribution in [-0.2, 0) is 0 Å². The molecule has 13 heavy (non-hydrogen) atoms. The second-order valence-electron chi connectivity index (χ2n) is 2.41. The number of hydrogen-bond acceptors (Lipinski definition) is 3. The number of hydrogen-bond donors (Lipinski definition) is 1. The number of nitrogens with zero attached hydrogens (tertiary/aromatic N) is 1. The van der Waals surface area contributed by atoms with Gasteiger partial charge in [0.15, 0.2) is 4.99 Å². The van der Waals surface area contributed by atoms with Crippen LogP contribution in [0.2, 0.25) is 0 Å². The van der Waals surface area contributed by atoms with Crippen LogP contribution in [0.5, 0.6) is 0 Å². The molecule has 0 saturated carbocycles. The lowest BCUT2D eigenvalue weighted by Crippen LogP contribution is -2.19. The highest BCUT2D eigenvalue weighted by molar-refractivity contribution is 7.80. The van der Waals surface area contributed by atoms with Crippen LogP contribution >= 0.6 is 12.2 Å². The molecule has 0 aliphatic heterocycles. The predicted octanol–water partition coefficient (Wildman–Crippen LogP) is 1.70. The van der Waals surface area contributed by atoms with E-state index >= 15 is 0 Å². The number of rotatable bonds is 3. The molecule has 0 amide bonds. The van der Waals surface area contributed by atoms with Crippen LogP contribution in [0.25, 0.3) is 0 Å². The van der Waals surface area contributed by atoms with E-state index in [1.807, 2.05) is 18.2 Å². The van der Waals surface area contributed by atoms with Crippen LogP contribution in [0.15, 0.2) is 30.3 Å². The Balaban J connectivity index is 2.50. The second-order valence-corrected chi connectivity index (χ2v) is 2.90. The summed E-state index contributed by atoms with van der Waals surface area (Å²) >= 11 is 4.76. The maximum Gasteiger partial charge on any atom is 0.253 e. The molecule has 0 aliphatic rings. The molecule has 5 heteroatoms. The van der Waals surface area contributed by atoms with Gasteiger partial charge in [-0.15, -0.1) is 0 Å². The molecule has 1 aromatic carbocycles. The monoisotopic (exact) mass is 196 g/mol. The van der Waals surface area contributed by atoms with Gasteiger partial charge in [-0.25, -0.2) is 0 Å². The number of benzene rings is 1. The van der Waals surface area contributed by atoms with Crippen molar-refractivity contribution in [3.05, 3.63) is 40.4 Å². The molecule has 0 saturated heterocycles. The van der Waals surface area contributed by atoms with Crippen molar-refractivity contribution in [2.75, 3.05) is 11.9 Å². The number of para-hydroxylation sites is 1. The Labute approximate surface area is 80.7 Å². The zero-order valence-corrected chi connectivity index (χ0v) is 7.58. The summed E-state index contributed by atoms with van der Waals surface area (Å²) in [5, 5.41) is 12.8. The summed E-state index contributed by atoms with van der Waals surface area (Å²) in [5.41, 5.74) is 0.773. The van der Waals surface area contributed by atoms with Crippen LogP contribution in [0.1, 0.15) is 0 Å². The highest BCUT2D eigenvalue weighted by Gasteiger charge is 2.03. The lowest BCUT2D eigenvalue weighted by atomic mass is 10.3. The lowest BCUT2D eigenvalue weighted by molar-refractivity contribution is -0.462. The number of nitro groups is 1. The minimum atomic E-state index is -0.460. The molecule has 0 atom stereocenters. The van der Waals surface area contributed by atoms with Gasteiger partial charge in [0.25, 0.3) is 6.54 Å². The molecular formula is C8H8N2O2S. The Bertz CT molecular complexity index is 313. The Morgan fingerprint density at radius 2 is 2.08 bits per heavy atom. The van der Waals surface area contributed by atoms with Gasteiger partial charge in [-0.05, 0) is 12.1 Å². The van der Waals surface area contributed by atoms with Crippen molar-refractivity contribution in [1.29, 1.82) is 0 Å². The molecular weight excluding hydrogens is 188 g/mol. The SMILES string of the molecule is O=[N+]([O-])CC(=S)Nc1ccccc1. The second kappa shape index (κ2) is 4.51. The van der Waals surface area contributed by atoms with Gasteiger partial charge in [0.2, 0.25) is 0 Å². The molecule has 0 aliphatic carbocycles. The van der Waals surface area contributed by atoms with Gasteiger partial charge in [-0.2, -0.15) is 0 Å². The average molecular weight is 196 g/mol. The highest BCUT2D eigenvalue weighted by Crippen LogP contribution is 2.04. The van der Waals surface area contributed by atoms with Crippen molar-refractivity contribution < 1.29 is 4.92 Å². The molecule has 0 heterocycles. The highest BCUT2D eigenvalue weighted by atomic mass is 32.1. The first-order chi connectivity index (χ1) is 6.18. The first-order valence-electron chi connectivity index (χ1n) is 3.65. The van der Waals surface area contributed by atoms with Crippen LogP contribution in [-0.4, -0.2) is 16.5 Å². The first-order valence-corrected chi connectivity index (χ1v) is 4.06. The number of thiocarbonyl (C=S) groups is 1. The maximum atomic E-state index is 10.1. The van der Waals surface area contributed by atoms with E-state index in [2.05, 4.69) is 5.32 Å². The molecule has 0 bridgehead atoms. The molecule has 1 N–H and O–H groups in total. The summed E-state index contributed by atoms with van der Waals surface area (Å²) in [4.78, 5) is 9.84. The van der Waals surface area contributed by atoms with Crippen molar-refractivity contribution in [3.63, 3.8) is 0 Å². The van der Waals surface area contributed by atoms with E-state index in [4.69, 9.17) is 12.2 Å². The van der Waals surface area contributed by atoms with Gasteiger partial charge in [-0.1, -0.05) is 30.4 Å². The zero-order chi connectivity index (χ0) is 9.68. The molecule has 0 spiro atoms. The van der Waals surface area contributed by atoms with Gasteiger partial charge >= 0.3 is 0 Å². The lowest BCUT2D eigenvalue weighted by Gasteiger charge is -2.02. The van der Waals surface area contributed by atoms with Crippen LogP contribution in [0.3, 0.4) is 0 Å². The van der Waals surface area contributed by atoms with E-state index in [9.17, 15) is 10.1 Å². The Morgan fingerprint density at radius 3 is 2.62 bits per heavy atom. The van der Waals surface area contributed by atoms with Crippen LogP contribution < -0.4 is 5.32 Å². The molecule has 68 valence electrons. The summed E-state index contributed by atoms with van der Waals surface area (Å²) in [6, 6.07) is 9.12. The van der Waals surface area contributed by atoms with Gasteiger partial charge in [0.05, 0.1) is 0 Å². The molecule has 0 fully saturated rings. The van der Waals surface area contributed by atoms with Gasteiger partial charge in [0.1, 0.15) is 0 Å². The summed E-state index contributed by atoms with van der Waals surface area (Å²) in [6.07, 6.45) is 0. The normalized spacial score (nSPS) is 9.23. The summed E-state index contributed by atoms with van der Waals surface area (Å²) in [7, 11) is 0. The third kappa shape index (κ3) is 3.62. The minimum Gasteiger partial charge on any atom is -0.345 e. The molecule has 4 nitrogen and oxygen atoms in total. The summed E-state index contributed by atoms with van der Waals surface area (Å²) in [5.74, 6) is 0. The van der Waals surface area contributed by atoms with E-state index in [0.29, 0.717) is 0 Å². The smallest absolute Gasteiger partial charge is 0.253 e. The predicted molar refractivity (Wildman–Crippen MR) is 54.5 cm³/mol. The van der Waals surface area contributed by atoms with Crippen LogP contribution in [0, 0.1) is 10.1 Å². The van der Waals surface area contributed by atoms with Crippen molar-refractivity contribution >= 4 is 22.9 Å². The third-order valence-corrected chi connectivity index (χ3v) is 1.56. The fourth-order valence-corrected chi connectivity index (χ4v) is 1.06. The van der Waals surface area contributed by atoms with Gasteiger partial charge in [0, 0.05) is 10.6 Å².